The lowest BCUT2D eigenvalue weighted by molar-refractivity contribution is -0.141. The van der Waals surface area contributed by atoms with Gasteiger partial charge in [-0.1, -0.05) is 39.0 Å². The molecule has 0 heterocycles. The first-order valence-electron chi connectivity index (χ1n) is 13.1. The van der Waals surface area contributed by atoms with Crippen LogP contribution in [0.15, 0.2) is 42.5 Å². The van der Waals surface area contributed by atoms with Crippen LogP contribution in [0.4, 0.5) is 10.5 Å². The van der Waals surface area contributed by atoms with E-state index < -0.39 is 23.8 Å². The van der Waals surface area contributed by atoms with Gasteiger partial charge in [-0.05, 0) is 87.9 Å². The molecule has 0 spiro atoms. The maximum Gasteiger partial charge on any atom is 0.408 e. The number of aryl methyl sites for hydroxylation is 1. The van der Waals surface area contributed by atoms with Crippen LogP contribution in [-0.4, -0.2) is 48.1 Å². The molecule has 0 radical (unpaired) electrons. The van der Waals surface area contributed by atoms with Crippen LogP contribution in [0.1, 0.15) is 70.7 Å². The predicted octanol–water partition coefficient (Wildman–Crippen LogP) is 5.78. The smallest absolute Gasteiger partial charge is 0.408 e. The van der Waals surface area contributed by atoms with Crippen LogP contribution < -0.4 is 15.4 Å². The van der Waals surface area contributed by atoms with Crippen LogP contribution in [0.2, 0.25) is 0 Å². The second kappa shape index (κ2) is 13.3. The Bertz CT molecular complexity index is 1110. The number of methoxy groups -OCH3 is 1. The minimum absolute atomic E-state index is 0.238. The average molecular weight is 526 g/mol. The van der Waals surface area contributed by atoms with E-state index >= 15 is 0 Å². The highest BCUT2D eigenvalue weighted by Gasteiger charge is 2.38. The molecule has 0 aliphatic heterocycles. The summed E-state index contributed by atoms with van der Waals surface area (Å²) in [7, 11) is 1.58. The van der Waals surface area contributed by atoms with E-state index in [0.29, 0.717) is 24.4 Å². The number of rotatable bonds is 10. The first-order chi connectivity index (χ1) is 17.8. The maximum absolute atomic E-state index is 14.1. The molecule has 2 aromatic rings. The van der Waals surface area contributed by atoms with Crippen LogP contribution >= 0.6 is 0 Å². The van der Waals surface area contributed by atoms with Crippen molar-refractivity contribution in [1.29, 1.82) is 0 Å². The van der Waals surface area contributed by atoms with Gasteiger partial charge >= 0.3 is 6.09 Å². The van der Waals surface area contributed by atoms with Crippen molar-refractivity contribution in [3.8, 4) is 5.75 Å². The fraction of sp³-hybridized carbons (Fsp3) is 0.500. The van der Waals surface area contributed by atoms with Crippen LogP contribution in [-0.2, 0) is 14.3 Å². The molecule has 38 heavy (non-hydrogen) atoms. The molecule has 0 bridgehead atoms. The molecule has 0 aliphatic carbocycles. The van der Waals surface area contributed by atoms with Crippen molar-refractivity contribution in [3.63, 3.8) is 0 Å². The van der Waals surface area contributed by atoms with Gasteiger partial charge in [-0.25, -0.2) is 4.79 Å². The molecular weight excluding hydrogens is 482 g/mol. The van der Waals surface area contributed by atoms with Crippen molar-refractivity contribution >= 4 is 23.6 Å². The third-order valence-corrected chi connectivity index (χ3v) is 6.21. The Labute approximate surface area is 227 Å². The van der Waals surface area contributed by atoms with Gasteiger partial charge in [-0.15, -0.1) is 0 Å². The van der Waals surface area contributed by atoms with Gasteiger partial charge in [0.05, 0.1) is 7.11 Å². The first kappa shape index (κ1) is 30.7. The summed E-state index contributed by atoms with van der Waals surface area (Å²) in [5.41, 5.74) is 2.55. The SMILES string of the molecule is CCCN(C(=O)C(NC(=O)OC(C)(C)C)C(C)C)C(C(=O)Nc1ccc(OC)cc1)c1cccc(C)c1C. The van der Waals surface area contributed by atoms with Crippen LogP contribution in [0.5, 0.6) is 5.75 Å². The number of nitrogens with zero attached hydrogens (tertiary/aromatic N) is 1. The van der Waals surface area contributed by atoms with Gasteiger partial charge in [0.1, 0.15) is 23.4 Å². The molecule has 2 rings (SSSR count). The molecule has 0 fully saturated rings. The molecule has 2 aromatic carbocycles. The number of benzene rings is 2. The highest BCUT2D eigenvalue weighted by atomic mass is 16.6. The number of anilines is 1. The molecule has 2 unspecified atom stereocenters. The maximum atomic E-state index is 14.1. The van der Waals surface area contributed by atoms with E-state index in [2.05, 4.69) is 10.6 Å². The molecule has 0 aliphatic rings. The molecule has 8 heteroatoms. The Hall–Kier alpha value is -3.55. The van der Waals surface area contributed by atoms with Crippen LogP contribution in [0.3, 0.4) is 0 Å². The molecule has 2 atom stereocenters. The van der Waals surface area contributed by atoms with Crippen molar-refractivity contribution < 1.29 is 23.9 Å². The summed E-state index contributed by atoms with van der Waals surface area (Å²) in [6.07, 6.45) is -0.0489. The molecular formula is C30H43N3O5. The summed E-state index contributed by atoms with van der Waals surface area (Å²) in [6, 6.07) is 11.0. The fourth-order valence-electron chi connectivity index (χ4n) is 4.14. The summed E-state index contributed by atoms with van der Waals surface area (Å²) in [4.78, 5) is 42.2. The normalized spacial score (nSPS) is 12.9. The molecule has 0 aromatic heterocycles. The van der Waals surface area contributed by atoms with Crippen molar-refractivity contribution in [1.82, 2.24) is 10.2 Å². The number of carbonyl (C=O) groups excluding carboxylic acids is 3. The Balaban J connectivity index is 2.53. The van der Waals surface area contributed by atoms with Crippen molar-refractivity contribution in [2.75, 3.05) is 19.0 Å². The van der Waals surface area contributed by atoms with Gasteiger partial charge in [-0.2, -0.15) is 0 Å². The van der Waals surface area contributed by atoms with Gasteiger partial charge in [0.25, 0.3) is 5.91 Å². The summed E-state index contributed by atoms with van der Waals surface area (Å²) in [5, 5.41) is 5.72. The minimum atomic E-state index is -0.911. The zero-order valence-electron chi connectivity index (χ0n) is 24.2. The second-order valence-electron chi connectivity index (χ2n) is 10.8. The highest BCUT2D eigenvalue weighted by molar-refractivity contribution is 5.99. The lowest BCUT2D eigenvalue weighted by Crippen LogP contribution is -2.54. The third-order valence-electron chi connectivity index (χ3n) is 6.21. The molecule has 0 saturated carbocycles. The third kappa shape index (κ3) is 8.23. The molecule has 3 amide bonds. The van der Waals surface area contributed by atoms with Gasteiger partial charge in [0.2, 0.25) is 5.91 Å². The van der Waals surface area contributed by atoms with E-state index in [1.165, 1.54) is 0 Å². The molecule has 208 valence electrons. The van der Waals surface area contributed by atoms with Gasteiger partial charge < -0.3 is 25.0 Å². The molecule has 8 nitrogen and oxygen atoms in total. The Morgan fingerprint density at radius 2 is 1.63 bits per heavy atom. The van der Waals surface area contributed by atoms with Crippen LogP contribution in [0.25, 0.3) is 0 Å². The van der Waals surface area contributed by atoms with E-state index in [-0.39, 0.29) is 17.7 Å². The number of nitrogens with one attached hydrogen (secondary N) is 2. The zero-order valence-corrected chi connectivity index (χ0v) is 24.2. The lowest BCUT2D eigenvalue weighted by atomic mass is 9.94. The Morgan fingerprint density at radius 1 is 1.00 bits per heavy atom. The number of ether oxygens (including phenoxy) is 2. The fourth-order valence-corrected chi connectivity index (χ4v) is 4.14. The van der Waals surface area contributed by atoms with E-state index in [1.807, 2.05) is 52.8 Å². The predicted molar refractivity (Wildman–Crippen MR) is 150 cm³/mol. The van der Waals surface area contributed by atoms with E-state index in [9.17, 15) is 14.4 Å². The van der Waals surface area contributed by atoms with Crippen molar-refractivity contribution in [2.24, 2.45) is 5.92 Å². The number of hydrogen-bond acceptors (Lipinski definition) is 5. The largest absolute Gasteiger partial charge is 0.497 e. The number of amides is 3. The zero-order chi connectivity index (χ0) is 28.6. The second-order valence-corrected chi connectivity index (χ2v) is 10.8. The topological polar surface area (TPSA) is 97.0 Å². The highest BCUT2D eigenvalue weighted by Crippen LogP contribution is 2.29. The number of alkyl carbamates (subject to hydrolysis) is 1. The summed E-state index contributed by atoms with van der Waals surface area (Å²) < 4.78 is 10.6. The molecule has 2 N–H and O–H groups in total. The quantitative estimate of drug-likeness (QED) is 0.410. The van der Waals surface area contributed by atoms with Gasteiger partial charge in [0.15, 0.2) is 0 Å². The van der Waals surface area contributed by atoms with Crippen LogP contribution in [0, 0.1) is 19.8 Å². The summed E-state index contributed by atoms with van der Waals surface area (Å²) in [6.45, 7) is 15.2. The van der Waals surface area contributed by atoms with Crippen molar-refractivity contribution in [3.05, 3.63) is 59.2 Å². The summed E-state index contributed by atoms with van der Waals surface area (Å²) >= 11 is 0. The van der Waals surface area contributed by atoms with E-state index in [4.69, 9.17) is 9.47 Å². The van der Waals surface area contributed by atoms with Gasteiger partial charge in [0, 0.05) is 12.2 Å². The average Bonchev–Trinajstić information content (AvgIpc) is 2.83. The lowest BCUT2D eigenvalue weighted by Gasteiger charge is -2.36. The standard InChI is InChI=1S/C30H43N3O5/c1-10-18-33(28(35)25(19(2)3)32-29(36)38-30(6,7)8)26(24-13-11-12-20(4)21(24)5)27(34)31-22-14-16-23(37-9)17-15-22/h11-17,19,25-26H,10,18H2,1-9H3,(H,31,34)(H,32,36). The van der Waals surface area contributed by atoms with E-state index in [0.717, 1.165) is 16.7 Å². The molecule has 0 saturated heterocycles. The Morgan fingerprint density at radius 3 is 2.16 bits per heavy atom. The van der Waals surface area contributed by atoms with E-state index in [1.54, 1.807) is 57.0 Å². The minimum Gasteiger partial charge on any atom is -0.497 e. The number of carbonyl (C=O) groups is 3. The first-order valence-corrected chi connectivity index (χ1v) is 13.1. The monoisotopic (exact) mass is 525 g/mol. The Kier molecular flexibility index (Phi) is 10.7. The van der Waals surface area contributed by atoms with Gasteiger partial charge in [-0.3, -0.25) is 9.59 Å². The summed E-state index contributed by atoms with van der Waals surface area (Å²) in [5.74, 6) is -0.253. The van der Waals surface area contributed by atoms with Crippen molar-refractivity contribution in [2.45, 2.75) is 79.5 Å². The number of hydrogen-bond donors (Lipinski definition) is 2.